The summed E-state index contributed by atoms with van der Waals surface area (Å²) in [4.78, 5) is 24.7. The molecule has 116 valence electrons. The Morgan fingerprint density at radius 3 is 2.64 bits per heavy atom. The minimum absolute atomic E-state index is 0.113. The highest BCUT2D eigenvalue weighted by molar-refractivity contribution is 5.92. The number of rotatable bonds is 3. The number of carbonyl (C=O) groups excluding carboxylic acids is 1. The quantitative estimate of drug-likeness (QED) is 0.930. The second-order valence-corrected chi connectivity index (χ2v) is 5.80. The number of aryl methyl sites for hydroxylation is 2. The van der Waals surface area contributed by atoms with Gasteiger partial charge in [0.15, 0.2) is 0 Å². The van der Waals surface area contributed by atoms with E-state index in [1.165, 1.54) is 0 Å². The van der Waals surface area contributed by atoms with Gasteiger partial charge in [-0.2, -0.15) is 5.10 Å². The molecule has 2 aromatic rings. The number of amides is 1. The van der Waals surface area contributed by atoms with Crippen LogP contribution in [0.2, 0.25) is 0 Å². The van der Waals surface area contributed by atoms with Crippen LogP contribution in [0.1, 0.15) is 53.7 Å². The van der Waals surface area contributed by atoms with Crippen LogP contribution >= 0.6 is 0 Å². The smallest absolute Gasteiger partial charge is 0.270 e. The maximum atomic E-state index is 12.3. The molecule has 0 radical (unpaired) electrons. The van der Waals surface area contributed by atoms with Crippen molar-refractivity contribution in [3.05, 3.63) is 35.9 Å². The van der Waals surface area contributed by atoms with Crippen LogP contribution in [0.3, 0.4) is 0 Å². The molecule has 2 aromatic heterocycles. The number of nitrogens with one attached hydrogen (secondary N) is 1. The second kappa shape index (κ2) is 6.21. The summed E-state index contributed by atoms with van der Waals surface area (Å²) in [5, 5.41) is 7.28. The first kappa shape index (κ1) is 14.6. The van der Waals surface area contributed by atoms with Gasteiger partial charge in [0, 0.05) is 11.7 Å². The van der Waals surface area contributed by atoms with Crippen LogP contribution in [-0.2, 0) is 0 Å². The Morgan fingerprint density at radius 1 is 1.23 bits per heavy atom. The fourth-order valence-electron chi connectivity index (χ4n) is 2.98. The van der Waals surface area contributed by atoms with Gasteiger partial charge in [-0.15, -0.1) is 0 Å². The molecule has 7 heteroatoms. The van der Waals surface area contributed by atoms with E-state index in [0.717, 1.165) is 31.4 Å². The molecule has 22 heavy (non-hydrogen) atoms. The lowest BCUT2D eigenvalue weighted by Gasteiger charge is -2.28. The molecular weight excluding hydrogens is 280 g/mol. The first-order valence-electron chi connectivity index (χ1n) is 7.59. The highest BCUT2D eigenvalue weighted by Gasteiger charge is 2.24. The zero-order valence-electron chi connectivity index (χ0n) is 12.9. The fourth-order valence-corrected chi connectivity index (χ4v) is 2.98. The van der Waals surface area contributed by atoms with Crippen molar-refractivity contribution in [2.75, 3.05) is 0 Å². The molecule has 0 bridgehead atoms. The standard InChI is InChI=1S/C15H20N6O/c1-10-7-14(19-11(2)18-10)15(22)20-12-3-5-13(6-4-12)21-9-16-8-17-21/h7-9,12-13H,3-6H2,1-2H3,(H,20,22). The topological polar surface area (TPSA) is 85.6 Å². The molecule has 3 rings (SSSR count). The number of nitrogens with zero attached hydrogens (tertiary/aromatic N) is 5. The maximum absolute atomic E-state index is 12.3. The van der Waals surface area contributed by atoms with Crippen LogP contribution in [0, 0.1) is 13.8 Å². The van der Waals surface area contributed by atoms with Crippen molar-refractivity contribution in [2.24, 2.45) is 0 Å². The van der Waals surface area contributed by atoms with Crippen LogP contribution in [0.15, 0.2) is 18.7 Å². The molecular formula is C15H20N6O. The van der Waals surface area contributed by atoms with Crippen molar-refractivity contribution in [1.82, 2.24) is 30.0 Å². The van der Waals surface area contributed by atoms with Gasteiger partial charge in [0.2, 0.25) is 0 Å². The Bertz CT molecular complexity index is 626. The largest absolute Gasteiger partial charge is 0.348 e. The highest BCUT2D eigenvalue weighted by Crippen LogP contribution is 2.27. The molecule has 1 saturated carbocycles. The van der Waals surface area contributed by atoms with Gasteiger partial charge in [-0.25, -0.2) is 19.6 Å². The van der Waals surface area contributed by atoms with E-state index in [1.54, 1.807) is 25.6 Å². The van der Waals surface area contributed by atoms with Gasteiger partial charge in [-0.05, 0) is 45.6 Å². The molecule has 0 aliphatic heterocycles. The zero-order valence-corrected chi connectivity index (χ0v) is 12.9. The van der Waals surface area contributed by atoms with Crippen molar-refractivity contribution in [3.8, 4) is 0 Å². The van der Waals surface area contributed by atoms with Crippen LogP contribution in [0.4, 0.5) is 0 Å². The van der Waals surface area contributed by atoms with Crippen LogP contribution in [0.25, 0.3) is 0 Å². The van der Waals surface area contributed by atoms with E-state index in [4.69, 9.17) is 0 Å². The van der Waals surface area contributed by atoms with E-state index in [2.05, 4.69) is 25.4 Å². The average molecular weight is 300 g/mol. The predicted octanol–water partition coefficient (Wildman–Crippen LogP) is 1.60. The molecule has 0 atom stereocenters. The van der Waals surface area contributed by atoms with Crippen molar-refractivity contribution >= 4 is 5.91 Å². The summed E-state index contributed by atoms with van der Waals surface area (Å²) in [6.45, 7) is 3.67. The van der Waals surface area contributed by atoms with Gasteiger partial charge in [0.05, 0.1) is 6.04 Å². The highest BCUT2D eigenvalue weighted by atomic mass is 16.1. The Balaban J connectivity index is 1.57. The van der Waals surface area contributed by atoms with E-state index in [1.807, 2.05) is 11.6 Å². The Morgan fingerprint density at radius 2 is 2.00 bits per heavy atom. The Labute approximate surface area is 129 Å². The number of aromatic nitrogens is 5. The van der Waals surface area contributed by atoms with Crippen molar-refractivity contribution < 1.29 is 4.79 Å². The van der Waals surface area contributed by atoms with Crippen LogP contribution < -0.4 is 5.32 Å². The summed E-state index contributed by atoms with van der Waals surface area (Å²) in [5.41, 5.74) is 1.26. The number of carbonyl (C=O) groups is 1. The van der Waals surface area contributed by atoms with E-state index in [9.17, 15) is 4.79 Å². The Kier molecular flexibility index (Phi) is 4.13. The summed E-state index contributed by atoms with van der Waals surface area (Å²) in [6, 6.07) is 2.31. The molecule has 0 aromatic carbocycles. The average Bonchev–Trinajstić information content (AvgIpc) is 3.01. The lowest BCUT2D eigenvalue weighted by Crippen LogP contribution is -2.38. The van der Waals surface area contributed by atoms with E-state index >= 15 is 0 Å². The first-order chi connectivity index (χ1) is 10.6. The van der Waals surface area contributed by atoms with Gasteiger partial charge in [-0.3, -0.25) is 4.79 Å². The minimum atomic E-state index is -0.113. The summed E-state index contributed by atoms with van der Waals surface area (Å²) >= 11 is 0. The number of hydrogen-bond acceptors (Lipinski definition) is 5. The van der Waals surface area contributed by atoms with E-state index in [0.29, 0.717) is 17.6 Å². The maximum Gasteiger partial charge on any atom is 0.270 e. The first-order valence-corrected chi connectivity index (χ1v) is 7.59. The number of hydrogen-bond donors (Lipinski definition) is 1. The monoisotopic (exact) mass is 300 g/mol. The molecule has 1 fully saturated rings. The molecule has 1 amide bonds. The lowest BCUT2D eigenvalue weighted by atomic mass is 9.91. The molecule has 0 unspecified atom stereocenters. The summed E-state index contributed by atoms with van der Waals surface area (Å²) in [5.74, 6) is 0.512. The van der Waals surface area contributed by atoms with E-state index < -0.39 is 0 Å². The predicted molar refractivity (Wildman–Crippen MR) is 80.3 cm³/mol. The lowest BCUT2D eigenvalue weighted by molar-refractivity contribution is 0.0916. The zero-order chi connectivity index (χ0) is 15.5. The Hall–Kier alpha value is -2.31. The molecule has 0 saturated heterocycles. The molecule has 2 heterocycles. The van der Waals surface area contributed by atoms with Crippen molar-refractivity contribution in [2.45, 2.75) is 51.6 Å². The third-order valence-corrected chi connectivity index (χ3v) is 4.04. The third-order valence-electron chi connectivity index (χ3n) is 4.04. The van der Waals surface area contributed by atoms with Crippen molar-refractivity contribution in [3.63, 3.8) is 0 Å². The summed E-state index contributed by atoms with van der Waals surface area (Å²) in [6.07, 6.45) is 7.20. The van der Waals surface area contributed by atoms with Crippen molar-refractivity contribution in [1.29, 1.82) is 0 Å². The minimum Gasteiger partial charge on any atom is -0.348 e. The third kappa shape index (κ3) is 3.29. The molecule has 1 aliphatic rings. The summed E-state index contributed by atoms with van der Waals surface area (Å²) < 4.78 is 1.91. The van der Waals surface area contributed by atoms with Gasteiger partial charge >= 0.3 is 0 Å². The van der Waals surface area contributed by atoms with Gasteiger partial charge < -0.3 is 5.32 Å². The van der Waals surface area contributed by atoms with Gasteiger partial charge in [0.25, 0.3) is 5.91 Å². The second-order valence-electron chi connectivity index (χ2n) is 5.80. The summed E-state index contributed by atoms with van der Waals surface area (Å²) in [7, 11) is 0. The van der Waals surface area contributed by atoms with Crippen LogP contribution in [-0.4, -0.2) is 36.7 Å². The van der Waals surface area contributed by atoms with Gasteiger partial charge in [0.1, 0.15) is 24.2 Å². The molecule has 1 N–H and O–H groups in total. The van der Waals surface area contributed by atoms with Crippen LogP contribution in [0.5, 0.6) is 0 Å². The van der Waals surface area contributed by atoms with E-state index in [-0.39, 0.29) is 11.9 Å². The molecule has 7 nitrogen and oxygen atoms in total. The SMILES string of the molecule is Cc1cc(C(=O)NC2CCC(n3cncn3)CC2)nc(C)n1. The fraction of sp³-hybridized carbons (Fsp3) is 0.533. The normalized spacial score (nSPS) is 21.5. The van der Waals surface area contributed by atoms with Gasteiger partial charge in [-0.1, -0.05) is 0 Å². The molecule has 0 spiro atoms. The molecule has 1 aliphatic carbocycles.